The van der Waals surface area contributed by atoms with Gasteiger partial charge in [-0.2, -0.15) is 5.10 Å². The van der Waals surface area contributed by atoms with Gasteiger partial charge in [0.05, 0.1) is 17.1 Å². The van der Waals surface area contributed by atoms with Crippen LogP contribution in [0.2, 0.25) is 0 Å². The lowest BCUT2D eigenvalue weighted by molar-refractivity contribution is -0.114. The number of hydrogen-bond acceptors (Lipinski definition) is 5. The highest BCUT2D eigenvalue weighted by Gasteiger charge is 2.10. The van der Waals surface area contributed by atoms with Gasteiger partial charge in [-0.3, -0.25) is 14.7 Å². The zero-order chi connectivity index (χ0) is 19.8. The number of carbonyl (C=O) groups excluding carboxylic acids is 2. The molecule has 28 heavy (non-hydrogen) atoms. The molecule has 3 rings (SSSR count). The molecule has 142 valence electrons. The number of anilines is 1. The van der Waals surface area contributed by atoms with Gasteiger partial charge in [0.25, 0.3) is 5.91 Å². The Morgan fingerprint density at radius 1 is 1.21 bits per heavy atom. The quantitative estimate of drug-likeness (QED) is 0.560. The van der Waals surface area contributed by atoms with Gasteiger partial charge >= 0.3 is 0 Å². The topological polar surface area (TPSA) is 96.1 Å². The first-order valence-corrected chi connectivity index (χ1v) is 9.33. The third kappa shape index (κ3) is 5.46. The summed E-state index contributed by atoms with van der Waals surface area (Å²) in [6.07, 6.45) is 0. The number of thiophene rings is 1. The molecule has 0 saturated carbocycles. The number of benzene rings is 1. The SMILES string of the molecule is CC(=O)Nc1cccc(OCC#CCNC(=O)c2cc(-c3cccs3)[nH]n2)c1. The number of amides is 2. The molecule has 0 fully saturated rings. The summed E-state index contributed by atoms with van der Waals surface area (Å²) < 4.78 is 5.51. The minimum atomic E-state index is -0.294. The van der Waals surface area contributed by atoms with Crippen LogP contribution in [0.15, 0.2) is 47.8 Å². The summed E-state index contributed by atoms with van der Waals surface area (Å²) in [5, 5.41) is 14.2. The number of aromatic nitrogens is 2. The number of carbonyl (C=O) groups is 2. The molecule has 3 aromatic rings. The van der Waals surface area contributed by atoms with Crippen molar-refractivity contribution in [3.8, 4) is 28.2 Å². The van der Waals surface area contributed by atoms with Gasteiger partial charge < -0.3 is 15.4 Å². The largest absolute Gasteiger partial charge is 0.481 e. The maximum atomic E-state index is 12.1. The molecule has 0 atom stereocenters. The Morgan fingerprint density at radius 2 is 2.11 bits per heavy atom. The normalized spacial score (nSPS) is 9.89. The van der Waals surface area contributed by atoms with Crippen molar-refractivity contribution in [1.82, 2.24) is 15.5 Å². The van der Waals surface area contributed by atoms with E-state index in [9.17, 15) is 9.59 Å². The molecule has 0 radical (unpaired) electrons. The zero-order valence-electron chi connectivity index (χ0n) is 15.1. The van der Waals surface area contributed by atoms with Crippen LogP contribution in [0.1, 0.15) is 17.4 Å². The van der Waals surface area contributed by atoms with Gasteiger partial charge in [-0.15, -0.1) is 11.3 Å². The van der Waals surface area contributed by atoms with Crippen LogP contribution in [0.4, 0.5) is 5.69 Å². The fourth-order valence-corrected chi connectivity index (χ4v) is 3.00. The first-order valence-electron chi connectivity index (χ1n) is 8.45. The highest BCUT2D eigenvalue weighted by Crippen LogP contribution is 2.22. The fourth-order valence-electron chi connectivity index (χ4n) is 2.31. The summed E-state index contributed by atoms with van der Waals surface area (Å²) in [7, 11) is 0. The van der Waals surface area contributed by atoms with Crippen molar-refractivity contribution in [3.63, 3.8) is 0 Å². The van der Waals surface area contributed by atoms with E-state index in [-0.39, 0.29) is 25.0 Å². The standard InChI is InChI=1S/C20H18N4O3S/c1-14(25)22-15-6-4-7-16(12-15)27-10-3-2-9-21-20(26)18-13-17(23-24-18)19-8-5-11-28-19/h4-8,11-13H,9-10H2,1H3,(H,21,26)(H,22,25)(H,23,24). The van der Waals surface area contributed by atoms with Gasteiger partial charge in [0.1, 0.15) is 12.4 Å². The second-order valence-electron chi connectivity index (χ2n) is 5.68. The first kappa shape index (κ1) is 19.2. The number of aromatic amines is 1. The van der Waals surface area contributed by atoms with Crippen molar-refractivity contribution in [2.75, 3.05) is 18.5 Å². The molecule has 1 aromatic carbocycles. The molecule has 2 amide bonds. The van der Waals surface area contributed by atoms with E-state index in [4.69, 9.17) is 4.74 Å². The Morgan fingerprint density at radius 3 is 2.89 bits per heavy atom. The maximum Gasteiger partial charge on any atom is 0.272 e. The van der Waals surface area contributed by atoms with Gasteiger partial charge in [-0.05, 0) is 29.6 Å². The molecule has 7 nitrogen and oxygen atoms in total. The molecule has 0 aliphatic carbocycles. The van der Waals surface area contributed by atoms with Crippen LogP contribution < -0.4 is 15.4 Å². The number of H-pyrrole nitrogens is 1. The Balaban J connectivity index is 1.43. The predicted octanol–water partition coefficient (Wildman–Crippen LogP) is 2.91. The van der Waals surface area contributed by atoms with Gasteiger partial charge in [0.2, 0.25) is 5.91 Å². The summed E-state index contributed by atoms with van der Waals surface area (Å²) in [6.45, 7) is 1.80. The predicted molar refractivity (Wildman–Crippen MR) is 108 cm³/mol. The van der Waals surface area contributed by atoms with Crippen LogP contribution in [0.25, 0.3) is 10.6 Å². The van der Waals surface area contributed by atoms with E-state index in [0.29, 0.717) is 17.1 Å². The lowest BCUT2D eigenvalue weighted by Crippen LogP contribution is -2.24. The van der Waals surface area contributed by atoms with Crippen LogP contribution in [0, 0.1) is 11.8 Å². The molecule has 2 aromatic heterocycles. The minimum Gasteiger partial charge on any atom is -0.481 e. The number of ether oxygens (including phenoxy) is 1. The van der Waals surface area contributed by atoms with Crippen LogP contribution in [-0.4, -0.2) is 35.2 Å². The van der Waals surface area contributed by atoms with E-state index >= 15 is 0 Å². The molecule has 0 aliphatic heterocycles. The summed E-state index contributed by atoms with van der Waals surface area (Å²) >= 11 is 1.57. The van der Waals surface area contributed by atoms with E-state index in [2.05, 4.69) is 32.7 Å². The van der Waals surface area contributed by atoms with Crippen molar-refractivity contribution in [1.29, 1.82) is 0 Å². The van der Waals surface area contributed by atoms with Crippen LogP contribution >= 0.6 is 11.3 Å². The molecular formula is C20H18N4O3S. The average molecular weight is 394 g/mol. The molecule has 3 N–H and O–H groups in total. The molecule has 0 spiro atoms. The third-order valence-corrected chi connectivity index (χ3v) is 4.43. The van der Waals surface area contributed by atoms with E-state index < -0.39 is 0 Å². The number of rotatable bonds is 6. The number of hydrogen-bond donors (Lipinski definition) is 3. The van der Waals surface area contributed by atoms with Crippen molar-refractivity contribution >= 4 is 28.8 Å². The molecular weight excluding hydrogens is 376 g/mol. The van der Waals surface area contributed by atoms with Crippen molar-refractivity contribution in [2.24, 2.45) is 0 Å². The van der Waals surface area contributed by atoms with Crippen molar-refractivity contribution in [2.45, 2.75) is 6.92 Å². The van der Waals surface area contributed by atoms with E-state index in [1.165, 1.54) is 6.92 Å². The lowest BCUT2D eigenvalue weighted by Gasteiger charge is -2.05. The van der Waals surface area contributed by atoms with Gasteiger partial charge in [-0.1, -0.05) is 24.0 Å². The summed E-state index contributed by atoms with van der Waals surface area (Å²) in [5.74, 6) is 5.81. The molecule has 0 saturated heterocycles. The highest BCUT2D eigenvalue weighted by atomic mass is 32.1. The number of nitrogens with zero attached hydrogens (tertiary/aromatic N) is 1. The molecule has 0 bridgehead atoms. The molecule has 0 aliphatic rings. The lowest BCUT2D eigenvalue weighted by atomic mass is 10.3. The van der Waals surface area contributed by atoms with Crippen LogP contribution in [-0.2, 0) is 4.79 Å². The Bertz CT molecular complexity index is 1020. The summed E-state index contributed by atoms with van der Waals surface area (Å²) in [6, 6.07) is 12.6. The highest BCUT2D eigenvalue weighted by molar-refractivity contribution is 7.13. The van der Waals surface area contributed by atoms with Gasteiger partial charge in [-0.25, -0.2) is 0 Å². The van der Waals surface area contributed by atoms with E-state index in [0.717, 1.165) is 10.6 Å². The summed E-state index contributed by atoms with van der Waals surface area (Å²) in [5.41, 5.74) is 1.78. The van der Waals surface area contributed by atoms with E-state index in [1.54, 1.807) is 41.7 Å². The van der Waals surface area contributed by atoms with Crippen molar-refractivity contribution in [3.05, 3.63) is 53.5 Å². The third-order valence-electron chi connectivity index (χ3n) is 3.52. The Labute approximate surface area is 166 Å². The smallest absolute Gasteiger partial charge is 0.272 e. The molecule has 8 heteroatoms. The van der Waals surface area contributed by atoms with Crippen molar-refractivity contribution < 1.29 is 14.3 Å². The Hall–Kier alpha value is -3.57. The Kier molecular flexibility index (Phi) is 6.44. The summed E-state index contributed by atoms with van der Waals surface area (Å²) in [4.78, 5) is 24.2. The monoisotopic (exact) mass is 394 g/mol. The van der Waals surface area contributed by atoms with E-state index in [1.807, 2.05) is 17.5 Å². The molecule has 2 heterocycles. The minimum absolute atomic E-state index is 0.146. The fraction of sp³-hybridized carbons (Fsp3) is 0.150. The van der Waals surface area contributed by atoms with Gasteiger partial charge in [0.15, 0.2) is 5.69 Å². The van der Waals surface area contributed by atoms with Crippen LogP contribution in [0.3, 0.4) is 0 Å². The average Bonchev–Trinajstić information content (AvgIpc) is 3.35. The maximum absolute atomic E-state index is 12.1. The number of nitrogens with one attached hydrogen (secondary N) is 3. The second-order valence-corrected chi connectivity index (χ2v) is 6.63. The van der Waals surface area contributed by atoms with Crippen LogP contribution in [0.5, 0.6) is 5.75 Å². The first-order chi connectivity index (χ1) is 13.6. The second kappa shape index (κ2) is 9.39. The van der Waals surface area contributed by atoms with Gasteiger partial charge in [0, 0.05) is 18.7 Å². The molecule has 0 unspecified atom stereocenters. The zero-order valence-corrected chi connectivity index (χ0v) is 15.9.